The van der Waals surface area contributed by atoms with Gasteiger partial charge in [0, 0.05) is 30.1 Å². The summed E-state index contributed by atoms with van der Waals surface area (Å²) in [7, 11) is 0. The number of rotatable bonds is 3. The smallest absolute Gasteiger partial charge is 0.254 e. The second-order valence-corrected chi connectivity index (χ2v) is 6.88. The summed E-state index contributed by atoms with van der Waals surface area (Å²) in [5.41, 5.74) is 9.75. The number of nitrogens with zero attached hydrogens (tertiary/aromatic N) is 2. The fourth-order valence-electron chi connectivity index (χ4n) is 3.54. The lowest BCUT2D eigenvalue weighted by Crippen LogP contribution is -2.38. The van der Waals surface area contributed by atoms with Gasteiger partial charge in [0.05, 0.1) is 5.69 Å². The van der Waals surface area contributed by atoms with Gasteiger partial charge in [0.25, 0.3) is 5.91 Å². The van der Waals surface area contributed by atoms with E-state index < -0.39 is 0 Å². The van der Waals surface area contributed by atoms with Crippen LogP contribution in [-0.4, -0.2) is 29.1 Å². The summed E-state index contributed by atoms with van der Waals surface area (Å²) < 4.78 is 5.22. The zero-order valence-corrected chi connectivity index (χ0v) is 14.6. The Bertz CT molecular complexity index is 728. The molecule has 1 amide bonds. The van der Waals surface area contributed by atoms with Gasteiger partial charge in [-0.3, -0.25) is 4.79 Å². The van der Waals surface area contributed by atoms with Crippen LogP contribution in [0.4, 0.5) is 5.88 Å². The van der Waals surface area contributed by atoms with Crippen molar-refractivity contribution in [3.8, 4) is 0 Å². The van der Waals surface area contributed by atoms with Crippen molar-refractivity contribution < 1.29 is 9.32 Å². The van der Waals surface area contributed by atoms with Crippen LogP contribution < -0.4 is 5.73 Å². The third-order valence-corrected chi connectivity index (χ3v) is 4.91. The van der Waals surface area contributed by atoms with Crippen LogP contribution in [0.15, 0.2) is 28.8 Å². The highest BCUT2D eigenvalue weighted by Gasteiger charge is 2.30. The van der Waals surface area contributed by atoms with Crippen LogP contribution in [0.3, 0.4) is 0 Å². The van der Waals surface area contributed by atoms with Crippen LogP contribution in [0.1, 0.15) is 65.7 Å². The number of carbonyl (C=O) groups excluding carboxylic acids is 1. The van der Waals surface area contributed by atoms with Gasteiger partial charge >= 0.3 is 0 Å². The van der Waals surface area contributed by atoms with Crippen molar-refractivity contribution in [2.24, 2.45) is 0 Å². The lowest BCUT2D eigenvalue weighted by molar-refractivity contribution is 0.0710. The molecule has 0 bridgehead atoms. The number of nitrogens with two attached hydrogens (primary N) is 1. The molecule has 1 aliphatic rings. The fourth-order valence-corrected chi connectivity index (χ4v) is 3.54. The van der Waals surface area contributed by atoms with Crippen molar-refractivity contribution in [1.82, 2.24) is 10.1 Å². The molecule has 0 atom stereocenters. The van der Waals surface area contributed by atoms with Crippen molar-refractivity contribution in [3.63, 3.8) is 0 Å². The number of carbonyl (C=O) groups is 1. The summed E-state index contributed by atoms with van der Waals surface area (Å²) in [6.07, 6.45) is 1.78. The number of benzene rings is 1. The highest BCUT2D eigenvalue weighted by molar-refractivity contribution is 5.95. The van der Waals surface area contributed by atoms with Gasteiger partial charge in [-0.05, 0) is 37.3 Å². The molecule has 1 saturated heterocycles. The molecule has 0 radical (unpaired) electrons. The van der Waals surface area contributed by atoms with Gasteiger partial charge in [-0.2, -0.15) is 0 Å². The standard InChI is InChI=1S/C19H25N3O2/c1-12(2)16-17(21-24-18(16)20)14-8-10-22(11-9-14)19(23)15-7-5-4-6-13(15)3/h4-7,12,14H,8-11,20H2,1-3H3. The lowest BCUT2D eigenvalue weighted by Gasteiger charge is -2.32. The molecule has 3 rings (SSSR count). The molecule has 5 heteroatoms. The van der Waals surface area contributed by atoms with E-state index in [4.69, 9.17) is 10.3 Å². The van der Waals surface area contributed by atoms with Gasteiger partial charge in [-0.15, -0.1) is 0 Å². The first kappa shape index (κ1) is 16.6. The number of aryl methyl sites for hydroxylation is 1. The maximum atomic E-state index is 12.7. The van der Waals surface area contributed by atoms with E-state index in [1.165, 1.54) is 0 Å². The van der Waals surface area contributed by atoms with Crippen LogP contribution >= 0.6 is 0 Å². The number of hydrogen-bond acceptors (Lipinski definition) is 4. The third kappa shape index (κ3) is 3.03. The summed E-state index contributed by atoms with van der Waals surface area (Å²) >= 11 is 0. The molecule has 0 spiro atoms. The average molecular weight is 327 g/mol. The number of nitrogen functional groups attached to an aromatic ring is 1. The van der Waals surface area contributed by atoms with Crippen LogP contribution in [0.5, 0.6) is 0 Å². The van der Waals surface area contributed by atoms with Crippen LogP contribution in [0.2, 0.25) is 0 Å². The molecule has 2 N–H and O–H groups in total. The summed E-state index contributed by atoms with van der Waals surface area (Å²) in [5.74, 6) is 1.15. The fraction of sp³-hybridized carbons (Fsp3) is 0.474. The van der Waals surface area contributed by atoms with Crippen LogP contribution in [0.25, 0.3) is 0 Å². The predicted molar refractivity (Wildman–Crippen MR) is 94.1 cm³/mol. The zero-order chi connectivity index (χ0) is 17.3. The molecule has 2 heterocycles. The van der Waals surface area contributed by atoms with Gasteiger partial charge in [0.2, 0.25) is 5.88 Å². The molecule has 1 aliphatic heterocycles. The lowest BCUT2D eigenvalue weighted by atomic mass is 9.88. The maximum absolute atomic E-state index is 12.7. The Kier molecular flexibility index (Phi) is 4.60. The number of aromatic nitrogens is 1. The van der Waals surface area contributed by atoms with E-state index in [-0.39, 0.29) is 11.8 Å². The molecule has 128 valence electrons. The van der Waals surface area contributed by atoms with E-state index in [1.54, 1.807) is 0 Å². The van der Waals surface area contributed by atoms with Crippen molar-refractivity contribution in [2.45, 2.75) is 45.4 Å². The third-order valence-electron chi connectivity index (χ3n) is 4.91. The van der Waals surface area contributed by atoms with Gasteiger partial charge in [0.1, 0.15) is 0 Å². The second-order valence-electron chi connectivity index (χ2n) is 6.88. The zero-order valence-electron chi connectivity index (χ0n) is 14.6. The number of amides is 1. The summed E-state index contributed by atoms with van der Waals surface area (Å²) in [6, 6.07) is 7.76. The molecule has 1 fully saturated rings. The van der Waals surface area contributed by atoms with E-state index in [2.05, 4.69) is 19.0 Å². The predicted octanol–water partition coefficient (Wildman–Crippen LogP) is 3.71. The van der Waals surface area contributed by atoms with E-state index >= 15 is 0 Å². The molecule has 2 aromatic rings. The molecule has 1 aromatic carbocycles. The minimum absolute atomic E-state index is 0.121. The molecular formula is C19H25N3O2. The molecule has 0 saturated carbocycles. The van der Waals surface area contributed by atoms with Crippen molar-refractivity contribution in [3.05, 3.63) is 46.6 Å². The topological polar surface area (TPSA) is 72.4 Å². The minimum Gasteiger partial charge on any atom is -0.367 e. The molecule has 1 aromatic heterocycles. The van der Waals surface area contributed by atoms with Crippen molar-refractivity contribution in [1.29, 1.82) is 0 Å². The summed E-state index contributed by atoms with van der Waals surface area (Å²) in [4.78, 5) is 14.7. The Morgan fingerprint density at radius 1 is 1.29 bits per heavy atom. The van der Waals surface area contributed by atoms with Crippen molar-refractivity contribution >= 4 is 11.8 Å². The summed E-state index contributed by atoms with van der Waals surface area (Å²) in [6.45, 7) is 7.66. The molecule has 0 unspecified atom stereocenters. The maximum Gasteiger partial charge on any atom is 0.254 e. The number of piperidine rings is 1. The number of anilines is 1. The molecule has 0 aliphatic carbocycles. The average Bonchev–Trinajstić information content (AvgIpc) is 2.97. The SMILES string of the molecule is Cc1ccccc1C(=O)N1CCC(c2noc(N)c2C(C)C)CC1. The highest BCUT2D eigenvalue weighted by atomic mass is 16.5. The first-order valence-corrected chi connectivity index (χ1v) is 8.59. The summed E-state index contributed by atoms with van der Waals surface area (Å²) in [5, 5.41) is 4.20. The van der Waals surface area contributed by atoms with E-state index in [9.17, 15) is 4.79 Å². The molecule has 5 nitrogen and oxygen atoms in total. The van der Waals surface area contributed by atoms with E-state index in [1.807, 2.05) is 36.1 Å². The monoisotopic (exact) mass is 327 g/mol. The molecular weight excluding hydrogens is 302 g/mol. The Morgan fingerprint density at radius 3 is 2.58 bits per heavy atom. The van der Waals surface area contributed by atoms with Crippen LogP contribution in [0, 0.1) is 6.92 Å². The highest BCUT2D eigenvalue weighted by Crippen LogP contribution is 2.36. The van der Waals surface area contributed by atoms with Gasteiger partial charge in [-0.1, -0.05) is 37.2 Å². The Morgan fingerprint density at radius 2 is 1.96 bits per heavy atom. The number of likely N-dealkylation sites (tertiary alicyclic amines) is 1. The first-order chi connectivity index (χ1) is 11.5. The first-order valence-electron chi connectivity index (χ1n) is 8.59. The molecule has 24 heavy (non-hydrogen) atoms. The quantitative estimate of drug-likeness (QED) is 0.933. The Hall–Kier alpha value is -2.30. The Balaban J connectivity index is 1.70. The Labute approximate surface area is 142 Å². The normalized spacial score (nSPS) is 15.9. The van der Waals surface area contributed by atoms with Crippen LogP contribution in [-0.2, 0) is 0 Å². The van der Waals surface area contributed by atoms with E-state index in [0.29, 0.717) is 11.8 Å². The van der Waals surface area contributed by atoms with Gasteiger partial charge in [-0.25, -0.2) is 0 Å². The van der Waals surface area contributed by atoms with Gasteiger partial charge < -0.3 is 15.2 Å². The van der Waals surface area contributed by atoms with Crippen molar-refractivity contribution in [2.75, 3.05) is 18.8 Å². The number of hydrogen-bond donors (Lipinski definition) is 1. The minimum atomic E-state index is 0.121. The van der Waals surface area contributed by atoms with E-state index in [0.717, 1.165) is 48.3 Å². The largest absolute Gasteiger partial charge is 0.367 e. The van der Waals surface area contributed by atoms with Gasteiger partial charge in [0.15, 0.2) is 0 Å². The second kappa shape index (κ2) is 6.67.